The van der Waals surface area contributed by atoms with Crippen LogP contribution in [0.2, 0.25) is 0 Å². The Morgan fingerprint density at radius 3 is 2.86 bits per heavy atom. The lowest BCUT2D eigenvalue weighted by atomic mass is 10.00. The molecular formula is C14H20N2O3S2. The molecule has 1 aromatic heterocycles. The first kappa shape index (κ1) is 16.4. The van der Waals surface area contributed by atoms with E-state index in [0.717, 1.165) is 11.2 Å². The molecule has 0 saturated carbocycles. The molecule has 1 aromatic rings. The third-order valence-corrected chi connectivity index (χ3v) is 7.05. The SMILES string of the molecule is C=CC(c1cccs1)S(=O)(=O)N1CCCC(N)C(C=O)C1. The molecular weight excluding hydrogens is 308 g/mol. The summed E-state index contributed by atoms with van der Waals surface area (Å²) in [5.41, 5.74) is 5.93. The Labute approximate surface area is 129 Å². The van der Waals surface area contributed by atoms with Crippen LogP contribution in [-0.4, -0.2) is 38.1 Å². The highest BCUT2D eigenvalue weighted by molar-refractivity contribution is 7.89. The highest BCUT2D eigenvalue weighted by atomic mass is 32.2. The van der Waals surface area contributed by atoms with Crippen molar-refractivity contribution in [1.29, 1.82) is 0 Å². The highest BCUT2D eigenvalue weighted by Crippen LogP contribution is 2.31. The van der Waals surface area contributed by atoms with Crippen LogP contribution in [0.3, 0.4) is 0 Å². The second kappa shape index (κ2) is 6.83. The quantitative estimate of drug-likeness (QED) is 0.657. The van der Waals surface area contributed by atoms with Gasteiger partial charge in [0.1, 0.15) is 11.5 Å². The number of rotatable bonds is 5. The fraction of sp³-hybridized carbons (Fsp3) is 0.500. The number of carbonyl (C=O) groups excluding carboxylic acids is 1. The van der Waals surface area contributed by atoms with E-state index >= 15 is 0 Å². The fourth-order valence-corrected chi connectivity index (χ4v) is 5.49. The topological polar surface area (TPSA) is 80.5 Å². The lowest BCUT2D eigenvalue weighted by Gasteiger charge is -2.26. The number of nitrogens with zero attached hydrogens (tertiary/aromatic N) is 1. The summed E-state index contributed by atoms with van der Waals surface area (Å²) in [7, 11) is -3.58. The van der Waals surface area contributed by atoms with Crippen LogP contribution in [0.5, 0.6) is 0 Å². The molecule has 3 atom stereocenters. The van der Waals surface area contributed by atoms with Crippen molar-refractivity contribution >= 4 is 27.6 Å². The molecule has 5 nitrogen and oxygen atoms in total. The first-order chi connectivity index (χ1) is 10.0. The standard InChI is InChI=1S/C14H20N2O3S2/c1-2-14(13-6-4-8-20-13)21(18,19)16-7-3-5-12(15)11(9-16)10-17/h2,4,6,8,10-12,14H,1,3,5,7,9,15H2. The Kier molecular flexibility index (Phi) is 5.32. The Morgan fingerprint density at radius 1 is 1.52 bits per heavy atom. The van der Waals surface area contributed by atoms with E-state index in [1.54, 1.807) is 6.07 Å². The van der Waals surface area contributed by atoms with E-state index < -0.39 is 21.2 Å². The van der Waals surface area contributed by atoms with Crippen LogP contribution in [0.25, 0.3) is 0 Å². The average molecular weight is 328 g/mol. The first-order valence-corrected chi connectivity index (χ1v) is 9.24. The minimum absolute atomic E-state index is 0.155. The van der Waals surface area contributed by atoms with Gasteiger partial charge in [0.2, 0.25) is 10.0 Å². The van der Waals surface area contributed by atoms with Gasteiger partial charge in [0.15, 0.2) is 0 Å². The molecule has 3 unspecified atom stereocenters. The molecule has 7 heteroatoms. The summed E-state index contributed by atoms with van der Waals surface area (Å²) in [6.45, 7) is 4.22. The summed E-state index contributed by atoms with van der Waals surface area (Å²) in [6, 6.07) is 3.33. The summed E-state index contributed by atoms with van der Waals surface area (Å²) in [5, 5.41) is 1.08. The average Bonchev–Trinajstić information content (AvgIpc) is 2.89. The number of carbonyl (C=O) groups is 1. The van der Waals surface area contributed by atoms with Gasteiger partial charge in [-0.3, -0.25) is 0 Å². The first-order valence-electron chi connectivity index (χ1n) is 6.86. The molecule has 0 bridgehead atoms. The number of hydrogen-bond donors (Lipinski definition) is 1. The van der Waals surface area contributed by atoms with Crippen LogP contribution in [0.4, 0.5) is 0 Å². The van der Waals surface area contributed by atoms with Crippen LogP contribution >= 0.6 is 11.3 Å². The minimum Gasteiger partial charge on any atom is -0.327 e. The van der Waals surface area contributed by atoms with Crippen LogP contribution in [0.15, 0.2) is 30.2 Å². The highest BCUT2D eigenvalue weighted by Gasteiger charge is 2.36. The van der Waals surface area contributed by atoms with Gasteiger partial charge in [-0.15, -0.1) is 17.9 Å². The summed E-state index contributed by atoms with van der Waals surface area (Å²) in [5.74, 6) is -0.448. The molecule has 1 aliphatic rings. The maximum atomic E-state index is 12.8. The van der Waals surface area contributed by atoms with E-state index in [9.17, 15) is 13.2 Å². The van der Waals surface area contributed by atoms with Gasteiger partial charge >= 0.3 is 0 Å². The van der Waals surface area contributed by atoms with Crippen LogP contribution < -0.4 is 5.73 Å². The van der Waals surface area contributed by atoms with Gasteiger partial charge in [-0.25, -0.2) is 12.7 Å². The second-order valence-corrected chi connectivity index (χ2v) is 8.21. The molecule has 0 aromatic carbocycles. The minimum atomic E-state index is -3.58. The van der Waals surface area contributed by atoms with Crippen molar-refractivity contribution in [2.45, 2.75) is 24.1 Å². The van der Waals surface area contributed by atoms with Crippen LogP contribution in [0.1, 0.15) is 23.0 Å². The van der Waals surface area contributed by atoms with Crippen molar-refractivity contribution < 1.29 is 13.2 Å². The third kappa shape index (κ3) is 3.42. The number of nitrogens with two attached hydrogens (primary N) is 1. The zero-order valence-electron chi connectivity index (χ0n) is 11.7. The summed E-state index contributed by atoms with van der Waals surface area (Å²) < 4.78 is 27.1. The van der Waals surface area contributed by atoms with E-state index in [4.69, 9.17) is 5.73 Å². The van der Waals surface area contributed by atoms with Crippen molar-refractivity contribution in [3.8, 4) is 0 Å². The van der Waals surface area contributed by atoms with Crippen molar-refractivity contribution in [1.82, 2.24) is 4.31 Å². The third-order valence-electron chi connectivity index (χ3n) is 3.80. The second-order valence-electron chi connectivity index (χ2n) is 5.18. The fourth-order valence-electron chi connectivity index (χ4n) is 2.55. The van der Waals surface area contributed by atoms with E-state index in [-0.39, 0.29) is 12.6 Å². The summed E-state index contributed by atoms with van der Waals surface area (Å²) >= 11 is 1.39. The molecule has 116 valence electrons. The monoisotopic (exact) mass is 328 g/mol. The van der Waals surface area contributed by atoms with Gasteiger partial charge in [-0.1, -0.05) is 12.1 Å². The smallest absolute Gasteiger partial charge is 0.225 e. The maximum absolute atomic E-state index is 12.8. The number of sulfonamides is 1. The van der Waals surface area contributed by atoms with Crippen molar-refractivity contribution in [3.63, 3.8) is 0 Å². The van der Waals surface area contributed by atoms with Crippen LogP contribution in [0, 0.1) is 5.92 Å². The predicted octanol–water partition coefficient (Wildman–Crippen LogP) is 1.54. The molecule has 1 saturated heterocycles. The number of aldehydes is 1. The Bertz CT molecular complexity index is 583. The largest absolute Gasteiger partial charge is 0.327 e. The molecule has 2 rings (SSSR count). The molecule has 1 aliphatic heterocycles. The number of thiophene rings is 1. The summed E-state index contributed by atoms with van der Waals surface area (Å²) in [6.07, 6.45) is 3.54. The Hall–Kier alpha value is -1.02. The van der Waals surface area contributed by atoms with E-state index in [1.165, 1.54) is 21.7 Å². The van der Waals surface area contributed by atoms with Crippen molar-refractivity contribution in [2.75, 3.05) is 13.1 Å². The van der Waals surface area contributed by atoms with E-state index in [1.807, 2.05) is 11.4 Å². The van der Waals surface area contributed by atoms with Gasteiger partial charge in [-0.05, 0) is 24.3 Å². The molecule has 0 spiro atoms. The molecule has 2 heterocycles. The van der Waals surface area contributed by atoms with Gasteiger partial charge in [0.05, 0.1) is 0 Å². The lowest BCUT2D eigenvalue weighted by molar-refractivity contribution is -0.111. The van der Waals surface area contributed by atoms with Crippen molar-refractivity contribution in [2.24, 2.45) is 11.7 Å². The number of hydrogen-bond acceptors (Lipinski definition) is 5. The molecule has 2 N–H and O–H groups in total. The van der Waals surface area contributed by atoms with Crippen LogP contribution in [-0.2, 0) is 14.8 Å². The Morgan fingerprint density at radius 2 is 2.29 bits per heavy atom. The van der Waals surface area contributed by atoms with Crippen molar-refractivity contribution in [3.05, 3.63) is 35.0 Å². The van der Waals surface area contributed by atoms with Gasteiger partial charge < -0.3 is 10.5 Å². The normalized spacial score (nSPS) is 26.0. The lowest BCUT2D eigenvalue weighted by Crippen LogP contribution is -2.41. The zero-order chi connectivity index (χ0) is 15.5. The predicted molar refractivity (Wildman–Crippen MR) is 84.5 cm³/mol. The zero-order valence-corrected chi connectivity index (χ0v) is 13.4. The maximum Gasteiger partial charge on any atom is 0.225 e. The molecule has 1 fully saturated rings. The van der Waals surface area contributed by atoms with E-state index in [2.05, 4.69) is 6.58 Å². The summed E-state index contributed by atoms with van der Waals surface area (Å²) in [4.78, 5) is 11.9. The van der Waals surface area contributed by atoms with E-state index in [0.29, 0.717) is 19.4 Å². The molecule has 21 heavy (non-hydrogen) atoms. The Balaban J connectivity index is 2.29. The van der Waals surface area contributed by atoms with Gasteiger partial charge in [-0.2, -0.15) is 0 Å². The molecule has 0 aliphatic carbocycles. The van der Waals surface area contributed by atoms with Gasteiger partial charge in [0.25, 0.3) is 0 Å². The molecule has 0 amide bonds. The van der Waals surface area contributed by atoms with Gasteiger partial charge in [0, 0.05) is 29.9 Å². The molecule has 0 radical (unpaired) electrons.